The number of benzene rings is 2. The summed E-state index contributed by atoms with van der Waals surface area (Å²) < 4.78 is 2.03. The maximum atomic E-state index is 12.5. The van der Waals surface area contributed by atoms with E-state index in [0.29, 0.717) is 26.9 Å². The molecule has 0 spiro atoms. The highest BCUT2D eigenvalue weighted by molar-refractivity contribution is 7.99. The van der Waals surface area contributed by atoms with E-state index in [2.05, 4.69) is 32.0 Å². The molecule has 2 aromatic carbocycles. The second-order valence-electron chi connectivity index (χ2n) is 7.52. The SMILES string of the molecule is C[C@H](Sc1nnc([C@@H](C)N(C)C)n1-c1ccc(Cl)cc1)c1nc2ccccc2c(=O)[nH]1. The Labute approximate surface area is 189 Å². The quantitative estimate of drug-likeness (QED) is 0.428. The van der Waals surface area contributed by atoms with Crippen molar-refractivity contribution in [1.82, 2.24) is 29.6 Å². The van der Waals surface area contributed by atoms with Crippen LogP contribution < -0.4 is 5.56 Å². The zero-order valence-electron chi connectivity index (χ0n) is 17.7. The Morgan fingerprint density at radius 3 is 2.48 bits per heavy atom. The lowest BCUT2D eigenvalue weighted by Crippen LogP contribution is -2.20. The molecule has 0 aliphatic heterocycles. The Bertz CT molecular complexity index is 1270. The largest absolute Gasteiger partial charge is 0.309 e. The van der Waals surface area contributed by atoms with E-state index in [4.69, 9.17) is 11.6 Å². The van der Waals surface area contributed by atoms with Gasteiger partial charge in [-0.15, -0.1) is 10.2 Å². The number of nitrogens with zero attached hydrogens (tertiary/aromatic N) is 5. The van der Waals surface area contributed by atoms with E-state index in [9.17, 15) is 4.79 Å². The van der Waals surface area contributed by atoms with Crippen LogP contribution in [0.5, 0.6) is 0 Å². The summed E-state index contributed by atoms with van der Waals surface area (Å²) in [7, 11) is 4.01. The number of hydrogen-bond donors (Lipinski definition) is 1. The molecule has 0 saturated carbocycles. The number of aromatic nitrogens is 5. The fourth-order valence-corrected chi connectivity index (χ4v) is 4.26. The van der Waals surface area contributed by atoms with Gasteiger partial charge in [-0.3, -0.25) is 14.3 Å². The van der Waals surface area contributed by atoms with Crippen LogP contribution in [-0.2, 0) is 0 Å². The molecule has 0 amide bonds. The number of nitrogens with one attached hydrogen (secondary N) is 1. The Balaban J connectivity index is 1.74. The molecule has 0 bridgehead atoms. The predicted molar refractivity (Wildman–Crippen MR) is 125 cm³/mol. The maximum Gasteiger partial charge on any atom is 0.258 e. The van der Waals surface area contributed by atoms with Gasteiger partial charge >= 0.3 is 0 Å². The smallest absolute Gasteiger partial charge is 0.258 e. The van der Waals surface area contributed by atoms with E-state index in [1.165, 1.54) is 11.8 Å². The Morgan fingerprint density at radius 2 is 1.77 bits per heavy atom. The highest BCUT2D eigenvalue weighted by Gasteiger charge is 2.23. The van der Waals surface area contributed by atoms with Crippen molar-refractivity contribution in [3.05, 3.63) is 75.6 Å². The zero-order chi connectivity index (χ0) is 22.1. The molecule has 7 nitrogen and oxygen atoms in total. The first kappa shape index (κ1) is 21.5. The van der Waals surface area contributed by atoms with Crippen LogP contribution in [0.2, 0.25) is 5.02 Å². The van der Waals surface area contributed by atoms with Crippen LogP contribution >= 0.6 is 23.4 Å². The maximum absolute atomic E-state index is 12.5. The molecular formula is C22H23ClN6OS. The summed E-state index contributed by atoms with van der Waals surface area (Å²) in [5.41, 5.74) is 1.46. The second kappa shape index (κ2) is 8.82. The number of fused-ring (bicyclic) bond motifs is 1. The fourth-order valence-electron chi connectivity index (χ4n) is 3.20. The first-order valence-corrected chi connectivity index (χ1v) is 11.1. The van der Waals surface area contributed by atoms with Crippen LogP contribution in [0.25, 0.3) is 16.6 Å². The van der Waals surface area contributed by atoms with Gasteiger partial charge in [0.25, 0.3) is 5.56 Å². The summed E-state index contributed by atoms with van der Waals surface area (Å²) in [6.07, 6.45) is 0. The third-order valence-corrected chi connectivity index (χ3v) is 6.49. The number of halogens is 1. The van der Waals surface area contributed by atoms with Gasteiger partial charge in [0, 0.05) is 10.7 Å². The summed E-state index contributed by atoms with van der Waals surface area (Å²) in [6.45, 7) is 4.07. The van der Waals surface area contributed by atoms with Gasteiger partial charge in [-0.2, -0.15) is 0 Å². The van der Waals surface area contributed by atoms with Crippen molar-refractivity contribution in [1.29, 1.82) is 0 Å². The molecule has 4 rings (SSSR count). The van der Waals surface area contributed by atoms with E-state index >= 15 is 0 Å². The van der Waals surface area contributed by atoms with Crippen LogP contribution in [0, 0.1) is 0 Å². The van der Waals surface area contributed by atoms with Crippen LogP contribution in [0.15, 0.2) is 58.5 Å². The van der Waals surface area contributed by atoms with Gasteiger partial charge < -0.3 is 4.98 Å². The van der Waals surface area contributed by atoms with E-state index < -0.39 is 0 Å². The summed E-state index contributed by atoms with van der Waals surface area (Å²) in [4.78, 5) is 22.1. The Hall–Kier alpha value is -2.68. The molecule has 2 atom stereocenters. The molecule has 0 radical (unpaired) electrons. The lowest BCUT2D eigenvalue weighted by atomic mass is 10.2. The highest BCUT2D eigenvalue weighted by atomic mass is 35.5. The summed E-state index contributed by atoms with van der Waals surface area (Å²) in [5.74, 6) is 1.42. The molecule has 0 saturated heterocycles. The number of H-pyrrole nitrogens is 1. The minimum atomic E-state index is -0.144. The van der Waals surface area contributed by atoms with Crippen molar-refractivity contribution in [3.63, 3.8) is 0 Å². The zero-order valence-corrected chi connectivity index (χ0v) is 19.3. The molecule has 0 unspecified atom stereocenters. The topological polar surface area (TPSA) is 79.7 Å². The van der Waals surface area contributed by atoms with E-state index in [-0.39, 0.29) is 16.9 Å². The van der Waals surface area contributed by atoms with Gasteiger partial charge in [-0.1, -0.05) is 35.5 Å². The number of para-hydroxylation sites is 1. The van der Waals surface area contributed by atoms with Gasteiger partial charge in [0.05, 0.1) is 22.2 Å². The third-order valence-electron chi connectivity index (χ3n) is 5.19. The lowest BCUT2D eigenvalue weighted by molar-refractivity contribution is 0.305. The average Bonchev–Trinajstić information content (AvgIpc) is 3.17. The molecule has 9 heteroatoms. The van der Waals surface area contributed by atoms with E-state index in [1.807, 2.05) is 68.1 Å². The molecule has 1 N–H and O–H groups in total. The van der Waals surface area contributed by atoms with Crippen molar-refractivity contribution >= 4 is 34.3 Å². The highest BCUT2D eigenvalue weighted by Crippen LogP contribution is 2.35. The number of aromatic amines is 1. The minimum absolute atomic E-state index is 0.0476. The molecule has 2 heterocycles. The first-order valence-electron chi connectivity index (χ1n) is 9.88. The standard InChI is InChI=1S/C22H23ClN6OS/c1-13(28(3)4)20-26-27-22(29(20)16-11-9-15(23)10-12-16)31-14(2)19-24-18-8-6-5-7-17(18)21(30)25-19/h5-14H,1-4H3,(H,24,25,30)/t13-,14+/m1/s1. The molecule has 4 aromatic rings. The molecule has 0 aliphatic rings. The average molecular weight is 455 g/mol. The van der Waals surface area contributed by atoms with Gasteiger partial charge in [-0.05, 0) is 64.3 Å². The van der Waals surface area contributed by atoms with E-state index in [1.54, 1.807) is 6.07 Å². The number of rotatable bonds is 6. The van der Waals surface area contributed by atoms with Crippen molar-refractivity contribution in [2.24, 2.45) is 0 Å². The first-order chi connectivity index (χ1) is 14.8. The molecule has 0 fully saturated rings. The summed E-state index contributed by atoms with van der Waals surface area (Å²) in [6, 6.07) is 15.0. The Kier molecular flexibility index (Phi) is 6.13. The van der Waals surface area contributed by atoms with Crippen molar-refractivity contribution < 1.29 is 0 Å². The summed E-state index contributed by atoms with van der Waals surface area (Å²) >= 11 is 7.59. The second-order valence-corrected chi connectivity index (χ2v) is 9.26. The molecule has 2 aromatic heterocycles. The monoisotopic (exact) mass is 454 g/mol. The van der Waals surface area contributed by atoms with Crippen LogP contribution in [0.3, 0.4) is 0 Å². The van der Waals surface area contributed by atoms with Crippen molar-refractivity contribution in [2.45, 2.75) is 30.3 Å². The predicted octanol–water partition coefficient (Wildman–Crippen LogP) is 4.63. The lowest BCUT2D eigenvalue weighted by Gasteiger charge is -2.21. The van der Waals surface area contributed by atoms with Gasteiger partial charge in [0.2, 0.25) is 0 Å². The molecule has 160 valence electrons. The van der Waals surface area contributed by atoms with E-state index in [0.717, 1.165) is 11.5 Å². The van der Waals surface area contributed by atoms with Crippen molar-refractivity contribution in [3.8, 4) is 5.69 Å². The molecular weight excluding hydrogens is 432 g/mol. The van der Waals surface area contributed by atoms with Crippen molar-refractivity contribution in [2.75, 3.05) is 14.1 Å². The fraction of sp³-hybridized carbons (Fsp3) is 0.273. The van der Waals surface area contributed by atoms with Crippen LogP contribution in [-0.4, -0.2) is 43.7 Å². The van der Waals surface area contributed by atoms with Crippen LogP contribution in [0.4, 0.5) is 0 Å². The van der Waals surface area contributed by atoms with Gasteiger partial charge in [0.15, 0.2) is 11.0 Å². The van der Waals surface area contributed by atoms with Crippen LogP contribution in [0.1, 0.15) is 36.8 Å². The molecule has 0 aliphatic carbocycles. The molecule has 31 heavy (non-hydrogen) atoms. The normalized spacial score (nSPS) is 13.6. The van der Waals surface area contributed by atoms with Gasteiger partial charge in [0.1, 0.15) is 5.82 Å². The minimum Gasteiger partial charge on any atom is -0.309 e. The number of thioether (sulfide) groups is 1. The third kappa shape index (κ3) is 4.37. The Morgan fingerprint density at radius 1 is 1.06 bits per heavy atom. The summed E-state index contributed by atoms with van der Waals surface area (Å²) in [5, 5.41) is 10.8. The number of hydrogen-bond acceptors (Lipinski definition) is 6. The van der Waals surface area contributed by atoms with Gasteiger partial charge in [-0.25, -0.2) is 4.98 Å².